The van der Waals surface area contributed by atoms with Gasteiger partial charge in [-0.1, -0.05) is 23.7 Å². The number of benzene rings is 2. The summed E-state index contributed by atoms with van der Waals surface area (Å²) in [5, 5.41) is 0.0614. The van der Waals surface area contributed by atoms with Gasteiger partial charge in [0.2, 0.25) is 5.78 Å². The van der Waals surface area contributed by atoms with Gasteiger partial charge in [0.1, 0.15) is 11.6 Å². The van der Waals surface area contributed by atoms with Gasteiger partial charge in [-0.25, -0.2) is 4.39 Å². The van der Waals surface area contributed by atoms with Crippen LogP contribution in [0.5, 0.6) is 5.75 Å². The Morgan fingerprint density at radius 2 is 1.73 bits per heavy atom. The Morgan fingerprint density at radius 1 is 1.12 bits per heavy atom. The molecule has 2 aromatic rings. The minimum absolute atomic E-state index is 0.0614. The van der Waals surface area contributed by atoms with Crippen molar-refractivity contribution in [3.63, 3.8) is 0 Å². The number of methoxy groups -OCH3 is 1. The topological polar surface area (TPSA) is 26.3 Å². The van der Waals surface area contributed by atoms with Crippen molar-refractivity contribution < 1.29 is 22.7 Å². The molecule has 0 N–H and O–H groups in total. The normalized spacial score (nSPS) is 26.7. The number of hydrogen-bond donors (Lipinski definition) is 0. The molecule has 6 heteroatoms. The monoisotopic (exact) mass is 380 g/mol. The van der Waals surface area contributed by atoms with Crippen molar-refractivity contribution in [3.05, 3.63) is 64.4 Å². The van der Waals surface area contributed by atoms with Crippen LogP contribution in [0.2, 0.25) is 5.02 Å². The molecule has 0 amide bonds. The van der Waals surface area contributed by atoms with Crippen molar-refractivity contribution in [1.29, 1.82) is 0 Å². The Hall–Kier alpha value is -2.01. The van der Waals surface area contributed by atoms with Gasteiger partial charge in [-0.2, -0.15) is 8.78 Å². The zero-order valence-corrected chi connectivity index (χ0v) is 14.7. The van der Waals surface area contributed by atoms with Crippen LogP contribution in [0.4, 0.5) is 13.2 Å². The molecule has 0 aliphatic heterocycles. The predicted octanol–water partition coefficient (Wildman–Crippen LogP) is 5.43. The smallest absolute Gasteiger partial charge is 0.315 e. The van der Waals surface area contributed by atoms with E-state index in [9.17, 15) is 18.0 Å². The Balaban J connectivity index is 1.55. The third-order valence-electron chi connectivity index (χ3n) is 5.86. The lowest BCUT2D eigenvalue weighted by atomic mass is 9.31. The molecule has 5 rings (SSSR count). The van der Waals surface area contributed by atoms with Crippen molar-refractivity contribution in [3.8, 4) is 5.75 Å². The molecule has 3 aliphatic rings. The zero-order valence-electron chi connectivity index (χ0n) is 14.0. The average molecular weight is 381 g/mol. The van der Waals surface area contributed by atoms with E-state index < -0.39 is 28.5 Å². The molecular weight excluding hydrogens is 365 g/mol. The molecule has 0 atom stereocenters. The van der Waals surface area contributed by atoms with Crippen LogP contribution < -0.4 is 4.74 Å². The van der Waals surface area contributed by atoms with Crippen molar-refractivity contribution in [2.75, 3.05) is 7.11 Å². The Labute approximate surface area is 153 Å². The first kappa shape index (κ1) is 17.4. The van der Waals surface area contributed by atoms with Crippen molar-refractivity contribution in [1.82, 2.24) is 0 Å². The van der Waals surface area contributed by atoms with Crippen LogP contribution >= 0.6 is 11.6 Å². The molecule has 0 radical (unpaired) electrons. The quantitative estimate of drug-likeness (QED) is 0.647. The summed E-state index contributed by atoms with van der Waals surface area (Å²) in [5.41, 5.74) is -1.33. The number of carbonyl (C=O) groups is 1. The predicted molar refractivity (Wildman–Crippen MR) is 91.6 cm³/mol. The fourth-order valence-electron chi connectivity index (χ4n) is 4.46. The average Bonchev–Trinajstić information content (AvgIpc) is 2.52. The molecule has 0 aromatic heterocycles. The summed E-state index contributed by atoms with van der Waals surface area (Å²) in [6.07, 6.45) is 0.667. The number of alkyl halides is 2. The second kappa shape index (κ2) is 5.49. The Bertz CT molecular complexity index is 873. The third kappa shape index (κ3) is 2.22. The summed E-state index contributed by atoms with van der Waals surface area (Å²) in [6.45, 7) is 0. The maximum absolute atomic E-state index is 14.9. The van der Waals surface area contributed by atoms with Gasteiger partial charge < -0.3 is 4.74 Å². The van der Waals surface area contributed by atoms with Crippen LogP contribution in [0, 0.1) is 11.2 Å². The molecule has 2 nitrogen and oxygen atoms in total. The highest BCUT2D eigenvalue weighted by molar-refractivity contribution is 6.30. The first-order valence-electron chi connectivity index (χ1n) is 8.25. The van der Waals surface area contributed by atoms with Gasteiger partial charge in [0.05, 0.1) is 12.7 Å². The SMILES string of the molecule is COc1ccc(C23CC(C(F)(F)C(=O)c4ccc(Cl)cc4F)(C2)C3)cc1. The van der Waals surface area contributed by atoms with E-state index in [1.54, 1.807) is 19.2 Å². The van der Waals surface area contributed by atoms with Crippen LogP contribution in [-0.4, -0.2) is 18.8 Å². The van der Waals surface area contributed by atoms with Gasteiger partial charge in [-0.15, -0.1) is 0 Å². The van der Waals surface area contributed by atoms with Crippen molar-refractivity contribution in [2.45, 2.75) is 30.6 Å². The summed E-state index contributed by atoms with van der Waals surface area (Å²) >= 11 is 5.63. The first-order valence-corrected chi connectivity index (χ1v) is 8.63. The second-order valence-electron chi connectivity index (χ2n) is 7.35. The lowest BCUT2D eigenvalue weighted by molar-refractivity contribution is -0.256. The standard InChI is InChI=1S/C20H16ClF3O2/c1-26-14-5-2-12(3-6-14)18-9-19(10-18,11-18)20(23,24)17(25)15-7-4-13(21)8-16(15)22/h2-8H,9-11H2,1H3. The summed E-state index contributed by atoms with van der Waals surface area (Å²) < 4.78 is 48.8. The highest BCUT2D eigenvalue weighted by atomic mass is 35.5. The van der Waals surface area contributed by atoms with E-state index in [0.717, 1.165) is 17.7 Å². The van der Waals surface area contributed by atoms with Crippen LogP contribution in [0.3, 0.4) is 0 Å². The number of ketones is 1. The molecule has 0 heterocycles. The number of ether oxygens (including phenoxy) is 1. The zero-order chi connectivity index (χ0) is 18.7. The second-order valence-corrected chi connectivity index (χ2v) is 7.78. The molecule has 2 aromatic carbocycles. The third-order valence-corrected chi connectivity index (χ3v) is 6.09. The molecule has 0 unspecified atom stereocenters. The molecule has 3 fully saturated rings. The summed E-state index contributed by atoms with van der Waals surface area (Å²) in [6, 6.07) is 10.5. The van der Waals surface area contributed by atoms with Crippen molar-refractivity contribution >= 4 is 17.4 Å². The lowest BCUT2D eigenvalue weighted by Crippen LogP contribution is -2.73. The molecule has 26 heavy (non-hydrogen) atoms. The van der Waals surface area contributed by atoms with E-state index in [4.69, 9.17) is 16.3 Å². The maximum atomic E-state index is 14.9. The van der Waals surface area contributed by atoms with Crippen molar-refractivity contribution in [2.24, 2.45) is 5.41 Å². The number of rotatable bonds is 5. The van der Waals surface area contributed by atoms with Crippen LogP contribution in [0.25, 0.3) is 0 Å². The van der Waals surface area contributed by atoms with E-state index in [-0.39, 0.29) is 29.7 Å². The van der Waals surface area contributed by atoms with E-state index in [1.807, 2.05) is 12.1 Å². The van der Waals surface area contributed by atoms with E-state index in [2.05, 4.69) is 0 Å². The van der Waals surface area contributed by atoms with E-state index >= 15 is 0 Å². The van der Waals surface area contributed by atoms with Gasteiger partial charge in [0.15, 0.2) is 0 Å². The van der Waals surface area contributed by atoms with Gasteiger partial charge in [0.25, 0.3) is 0 Å². The van der Waals surface area contributed by atoms with E-state index in [1.165, 1.54) is 6.07 Å². The molecule has 136 valence electrons. The Kier molecular flexibility index (Phi) is 3.68. The summed E-state index contributed by atoms with van der Waals surface area (Å²) in [5.74, 6) is -5.38. The highest BCUT2D eigenvalue weighted by Crippen LogP contribution is 2.78. The largest absolute Gasteiger partial charge is 0.497 e. The summed E-state index contributed by atoms with van der Waals surface area (Å²) in [4.78, 5) is 12.3. The minimum atomic E-state index is -3.60. The lowest BCUT2D eigenvalue weighted by Gasteiger charge is -2.72. The van der Waals surface area contributed by atoms with Gasteiger partial charge in [-0.3, -0.25) is 4.79 Å². The Morgan fingerprint density at radius 3 is 2.27 bits per heavy atom. The first-order chi connectivity index (χ1) is 12.2. The number of hydrogen-bond acceptors (Lipinski definition) is 2. The maximum Gasteiger partial charge on any atom is 0.315 e. The van der Waals surface area contributed by atoms with Crippen LogP contribution in [-0.2, 0) is 5.41 Å². The van der Waals surface area contributed by atoms with Gasteiger partial charge in [0, 0.05) is 10.4 Å². The van der Waals surface area contributed by atoms with Gasteiger partial charge >= 0.3 is 5.92 Å². The number of halogens is 4. The fourth-order valence-corrected chi connectivity index (χ4v) is 4.61. The molecule has 0 spiro atoms. The molecule has 2 bridgehead atoms. The molecule has 3 saturated carbocycles. The molecule has 0 saturated heterocycles. The number of carbonyl (C=O) groups excluding carboxylic acids is 1. The molecule has 3 aliphatic carbocycles. The van der Waals surface area contributed by atoms with Crippen LogP contribution in [0.1, 0.15) is 35.2 Å². The fraction of sp³-hybridized carbons (Fsp3) is 0.350. The van der Waals surface area contributed by atoms with E-state index in [0.29, 0.717) is 5.75 Å². The minimum Gasteiger partial charge on any atom is -0.497 e. The number of Topliss-reactive ketones (excluding diaryl/α,β-unsaturated/α-hetero) is 1. The van der Waals surface area contributed by atoms with Gasteiger partial charge in [-0.05, 0) is 60.6 Å². The summed E-state index contributed by atoms with van der Waals surface area (Å²) in [7, 11) is 1.56. The molecular formula is C20H16ClF3O2. The van der Waals surface area contributed by atoms with Crippen LogP contribution in [0.15, 0.2) is 42.5 Å². The highest BCUT2D eigenvalue weighted by Gasteiger charge is 2.79.